The molecule has 6 nitrogen and oxygen atoms in total. The highest BCUT2D eigenvalue weighted by molar-refractivity contribution is 5.92. The van der Waals surface area contributed by atoms with Gasteiger partial charge in [0, 0.05) is 25.0 Å². The van der Waals surface area contributed by atoms with Gasteiger partial charge in [-0.15, -0.1) is 0 Å². The third-order valence-electron chi connectivity index (χ3n) is 2.13. The predicted octanol–water partition coefficient (Wildman–Crippen LogP) is 0.890. The van der Waals surface area contributed by atoms with Crippen molar-refractivity contribution < 1.29 is 9.32 Å². The number of aromatic nitrogens is 2. The van der Waals surface area contributed by atoms with Gasteiger partial charge in [-0.1, -0.05) is 5.16 Å². The first-order valence-electron chi connectivity index (χ1n) is 5.06. The molecule has 6 heteroatoms. The van der Waals surface area contributed by atoms with Gasteiger partial charge in [0.15, 0.2) is 5.69 Å². The van der Waals surface area contributed by atoms with Crippen molar-refractivity contribution in [2.24, 2.45) is 0 Å². The molecule has 17 heavy (non-hydrogen) atoms. The first-order chi connectivity index (χ1) is 8.15. The topological polar surface area (TPSA) is 94.0 Å². The normalized spacial score (nSPS) is 10.2. The Bertz CT molecular complexity index is 536. The molecule has 2 aromatic heterocycles. The molecule has 88 valence electrons. The number of nitrogens with zero attached hydrogens (tertiary/aromatic N) is 2. The highest BCUT2D eigenvalue weighted by Crippen LogP contribution is 2.05. The quantitative estimate of drug-likeness (QED) is 0.819. The number of anilines is 1. The van der Waals surface area contributed by atoms with Crippen LogP contribution < -0.4 is 11.1 Å². The summed E-state index contributed by atoms with van der Waals surface area (Å²) < 4.78 is 4.81. The molecule has 0 aliphatic carbocycles. The first-order valence-corrected chi connectivity index (χ1v) is 5.06. The van der Waals surface area contributed by atoms with E-state index in [1.54, 1.807) is 31.5 Å². The van der Waals surface area contributed by atoms with Crippen molar-refractivity contribution in [2.45, 2.75) is 13.5 Å². The van der Waals surface area contributed by atoms with E-state index in [-0.39, 0.29) is 11.6 Å². The Kier molecular flexibility index (Phi) is 3.04. The van der Waals surface area contributed by atoms with Gasteiger partial charge in [0.2, 0.25) is 0 Å². The number of hydrogen-bond acceptors (Lipinski definition) is 5. The molecule has 2 aromatic rings. The minimum Gasteiger partial charge on any atom is -0.397 e. The van der Waals surface area contributed by atoms with Gasteiger partial charge in [-0.2, -0.15) is 0 Å². The number of pyridine rings is 1. The van der Waals surface area contributed by atoms with Crippen LogP contribution in [0.2, 0.25) is 0 Å². The summed E-state index contributed by atoms with van der Waals surface area (Å²) in [6.45, 7) is 2.08. The minimum atomic E-state index is -0.288. The molecule has 0 unspecified atom stereocenters. The average Bonchev–Trinajstić information content (AvgIpc) is 2.73. The van der Waals surface area contributed by atoms with Crippen LogP contribution in [0, 0.1) is 6.92 Å². The summed E-state index contributed by atoms with van der Waals surface area (Å²) in [5.74, 6) is 0.310. The number of aryl methyl sites for hydroxylation is 1. The number of nitrogens with two attached hydrogens (primary N) is 1. The van der Waals surface area contributed by atoms with Gasteiger partial charge >= 0.3 is 0 Å². The van der Waals surface area contributed by atoms with Crippen LogP contribution in [0.3, 0.4) is 0 Å². The summed E-state index contributed by atoms with van der Waals surface area (Å²) in [5, 5.41) is 6.32. The van der Waals surface area contributed by atoms with E-state index in [2.05, 4.69) is 15.5 Å². The lowest BCUT2D eigenvalue weighted by Gasteiger charge is -2.03. The number of amides is 1. The number of nitrogens with one attached hydrogen (secondary N) is 1. The average molecular weight is 232 g/mol. The fourth-order valence-electron chi connectivity index (χ4n) is 1.35. The van der Waals surface area contributed by atoms with E-state index >= 15 is 0 Å². The molecule has 0 saturated carbocycles. The van der Waals surface area contributed by atoms with Crippen LogP contribution in [-0.2, 0) is 6.54 Å². The zero-order valence-electron chi connectivity index (χ0n) is 9.30. The van der Waals surface area contributed by atoms with Gasteiger partial charge in [0.1, 0.15) is 5.76 Å². The van der Waals surface area contributed by atoms with Crippen LogP contribution >= 0.6 is 0 Å². The fraction of sp³-hybridized carbons (Fsp3) is 0.182. The Morgan fingerprint density at radius 3 is 2.94 bits per heavy atom. The fourth-order valence-corrected chi connectivity index (χ4v) is 1.35. The number of rotatable bonds is 3. The monoisotopic (exact) mass is 232 g/mol. The van der Waals surface area contributed by atoms with Crippen molar-refractivity contribution in [3.05, 3.63) is 41.5 Å². The molecule has 0 radical (unpaired) electrons. The Labute approximate surface area is 97.8 Å². The molecule has 0 aromatic carbocycles. The highest BCUT2D eigenvalue weighted by Gasteiger charge is 2.10. The largest absolute Gasteiger partial charge is 0.397 e. The summed E-state index contributed by atoms with van der Waals surface area (Å²) in [4.78, 5) is 15.6. The third kappa shape index (κ3) is 2.81. The summed E-state index contributed by atoms with van der Waals surface area (Å²) in [7, 11) is 0. The zero-order valence-corrected chi connectivity index (χ0v) is 9.30. The smallest absolute Gasteiger partial charge is 0.273 e. The second kappa shape index (κ2) is 4.65. The summed E-state index contributed by atoms with van der Waals surface area (Å²) >= 11 is 0. The maximum atomic E-state index is 11.6. The molecule has 0 saturated heterocycles. The van der Waals surface area contributed by atoms with Crippen molar-refractivity contribution in [3.63, 3.8) is 0 Å². The SMILES string of the molecule is Cc1cc(C(=O)NCc2cncc(N)c2)no1. The van der Waals surface area contributed by atoms with Crippen LogP contribution in [0.1, 0.15) is 21.8 Å². The molecule has 0 bridgehead atoms. The lowest BCUT2D eigenvalue weighted by atomic mass is 10.2. The highest BCUT2D eigenvalue weighted by atomic mass is 16.5. The van der Waals surface area contributed by atoms with E-state index in [4.69, 9.17) is 10.3 Å². The lowest BCUT2D eigenvalue weighted by Crippen LogP contribution is -2.23. The lowest BCUT2D eigenvalue weighted by molar-refractivity contribution is 0.0942. The van der Waals surface area contributed by atoms with E-state index in [9.17, 15) is 4.79 Å². The Morgan fingerprint density at radius 2 is 2.29 bits per heavy atom. The van der Waals surface area contributed by atoms with Crippen LogP contribution in [0.25, 0.3) is 0 Å². The van der Waals surface area contributed by atoms with Gasteiger partial charge in [-0.3, -0.25) is 9.78 Å². The zero-order chi connectivity index (χ0) is 12.3. The van der Waals surface area contributed by atoms with Crippen LogP contribution in [-0.4, -0.2) is 16.0 Å². The first kappa shape index (κ1) is 11.1. The van der Waals surface area contributed by atoms with Crippen molar-refractivity contribution >= 4 is 11.6 Å². The Balaban J connectivity index is 1.97. The third-order valence-corrected chi connectivity index (χ3v) is 2.13. The summed E-state index contributed by atoms with van der Waals surface area (Å²) in [6, 6.07) is 3.33. The molecular weight excluding hydrogens is 220 g/mol. The van der Waals surface area contributed by atoms with E-state index in [1.165, 1.54) is 0 Å². The second-order valence-corrected chi connectivity index (χ2v) is 3.63. The predicted molar refractivity (Wildman–Crippen MR) is 61.1 cm³/mol. The molecule has 0 fully saturated rings. The van der Waals surface area contributed by atoms with Crippen LogP contribution in [0.5, 0.6) is 0 Å². The van der Waals surface area contributed by atoms with Crippen molar-refractivity contribution in [1.29, 1.82) is 0 Å². The van der Waals surface area contributed by atoms with Gasteiger partial charge in [-0.05, 0) is 18.6 Å². The van der Waals surface area contributed by atoms with Crippen LogP contribution in [0.4, 0.5) is 5.69 Å². The number of carbonyl (C=O) groups is 1. The molecule has 2 rings (SSSR count). The molecule has 3 N–H and O–H groups in total. The van der Waals surface area contributed by atoms with E-state index in [0.29, 0.717) is 18.0 Å². The standard InChI is InChI=1S/C11H12N4O2/c1-7-2-10(15-17-7)11(16)14-5-8-3-9(12)6-13-4-8/h2-4,6H,5,12H2,1H3,(H,14,16). The molecular formula is C11H12N4O2. The second-order valence-electron chi connectivity index (χ2n) is 3.63. The van der Waals surface area contributed by atoms with Gasteiger partial charge < -0.3 is 15.6 Å². The Morgan fingerprint density at radius 1 is 1.47 bits per heavy atom. The summed E-state index contributed by atoms with van der Waals surface area (Å²) in [6.07, 6.45) is 3.19. The molecule has 2 heterocycles. The van der Waals surface area contributed by atoms with Gasteiger partial charge in [-0.25, -0.2) is 0 Å². The minimum absolute atomic E-state index is 0.263. The summed E-state index contributed by atoms with van der Waals surface area (Å²) in [5.41, 5.74) is 7.24. The van der Waals surface area contributed by atoms with Gasteiger partial charge in [0.05, 0.1) is 5.69 Å². The maximum Gasteiger partial charge on any atom is 0.273 e. The molecule has 0 atom stereocenters. The van der Waals surface area contributed by atoms with E-state index in [0.717, 1.165) is 5.56 Å². The van der Waals surface area contributed by atoms with Gasteiger partial charge in [0.25, 0.3) is 5.91 Å². The molecule has 0 spiro atoms. The van der Waals surface area contributed by atoms with E-state index < -0.39 is 0 Å². The molecule has 1 amide bonds. The van der Waals surface area contributed by atoms with Crippen LogP contribution in [0.15, 0.2) is 29.0 Å². The van der Waals surface area contributed by atoms with Crippen molar-refractivity contribution in [3.8, 4) is 0 Å². The maximum absolute atomic E-state index is 11.6. The molecule has 0 aliphatic heterocycles. The Hall–Kier alpha value is -2.37. The molecule has 0 aliphatic rings. The number of hydrogen-bond donors (Lipinski definition) is 2. The van der Waals surface area contributed by atoms with Crippen molar-refractivity contribution in [1.82, 2.24) is 15.5 Å². The van der Waals surface area contributed by atoms with E-state index in [1.807, 2.05) is 0 Å². The number of nitrogen functional groups attached to an aromatic ring is 1. The number of carbonyl (C=O) groups excluding carboxylic acids is 1. The van der Waals surface area contributed by atoms with Crippen molar-refractivity contribution in [2.75, 3.05) is 5.73 Å².